The summed E-state index contributed by atoms with van der Waals surface area (Å²) in [6.45, 7) is 5.98. The van der Waals surface area contributed by atoms with Crippen LogP contribution in [0.25, 0.3) is 0 Å². The van der Waals surface area contributed by atoms with E-state index in [1.165, 1.54) is 11.8 Å². The van der Waals surface area contributed by atoms with Crippen LogP contribution in [0.15, 0.2) is 46.1 Å². The van der Waals surface area contributed by atoms with Crippen molar-refractivity contribution in [1.29, 1.82) is 0 Å². The van der Waals surface area contributed by atoms with E-state index < -0.39 is 12.0 Å². The molecule has 0 aromatic heterocycles. The van der Waals surface area contributed by atoms with Crippen LogP contribution in [0.4, 0.5) is 0 Å². The fourth-order valence-electron chi connectivity index (χ4n) is 3.92. The highest BCUT2D eigenvalue weighted by Crippen LogP contribution is 2.43. The number of amidine groups is 1. The maximum atomic E-state index is 12.8. The number of allylic oxidation sites excluding steroid dienone is 1. The number of aliphatic imine (C=N–C) groups is 1. The Balaban J connectivity index is 1.58. The molecular formula is C23H27N3O6S. The minimum Gasteiger partial charge on any atom is -0.493 e. The van der Waals surface area contributed by atoms with E-state index in [-0.39, 0.29) is 19.1 Å². The summed E-state index contributed by atoms with van der Waals surface area (Å²) in [6, 6.07) is 5.04. The summed E-state index contributed by atoms with van der Waals surface area (Å²) < 4.78 is 22.0. The molecule has 1 fully saturated rings. The first-order valence-electron chi connectivity index (χ1n) is 10.8. The van der Waals surface area contributed by atoms with Gasteiger partial charge in [0.1, 0.15) is 0 Å². The Morgan fingerprint density at radius 2 is 2.03 bits per heavy atom. The first-order chi connectivity index (χ1) is 16.0. The van der Waals surface area contributed by atoms with Crippen LogP contribution in [-0.2, 0) is 19.1 Å². The van der Waals surface area contributed by atoms with Crippen molar-refractivity contribution in [3.05, 3.63) is 46.6 Å². The molecule has 0 spiro atoms. The minimum atomic E-state index is -0.416. The summed E-state index contributed by atoms with van der Waals surface area (Å²) in [5, 5.41) is 2.72. The van der Waals surface area contributed by atoms with Crippen molar-refractivity contribution < 1.29 is 28.5 Å². The van der Waals surface area contributed by atoms with E-state index in [1.54, 1.807) is 25.0 Å². The van der Waals surface area contributed by atoms with Crippen molar-refractivity contribution in [1.82, 2.24) is 9.80 Å². The highest BCUT2D eigenvalue weighted by Gasteiger charge is 2.37. The molecule has 176 valence electrons. The lowest BCUT2D eigenvalue weighted by atomic mass is 9.94. The van der Waals surface area contributed by atoms with Crippen molar-refractivity contribution >= 4 is 28.8 Å². The molecule has 1 aromatic rings. The average molecular weight is 474 g/mol. The molecule has 1 atom stereocenters. The quantitative estimate of drug-likeness (QED) is 0.559. The van der Waals surface area contributed by atoms with Crippen molar-refractivity contribution in [3.63, 3.8) is 0 Å². The van der Waals surface area contributed by atoms with Crippen molar-refractivity contribution in [2.24, 2.45) is 4.99 Å². The fourth-order valence-corrected chi connectivity index (χ4v) is 4.71. The number of benzene rings is 1. The van der Waals surface area contributed by atoms with Gasteiger partial charge in [0.2, 0.25) is 0 Å². The average Bonchev–Trinajstić information content (AvgIpc) is 3.30. The van der Waals surface area contributed by atoms with E-state index in [2.05, 4.69) is 4.99 Å². The molecule has 1 saturated heterocycles. The monoisotopic (exact) mass is 473 g/mol. The number of thioether (sulfide) groups is 1. The van der Waals surface area contributed by atoms with E-state index in [0.29, 0.717) is 49.1 Å². The van der Waals surface area contributed by atoms with Gasteiger partial charge in [-0.2, -0.15) is 0 Å². The van der Waals surface area contributed by atoms with Gasteiger partial charge in [-0.3, -0.25) is 4.79 Å². The molecule has 3 heterocycles. The number of amides is 1. The van der Waals surface area contributed by atoms with Crippen LogP contribution in [0.5, 0.6) is 11.5 Å². The molecule has 0 aliphatic carbocycles. The van der Waals surface area contributed by atoms with Gasteiger partial charge in [-0.15, -0.1) is 0 Å². The zero-order chi connectivity index (χ0) is 23.4. The van der Waals surface area contributed by atoms with E-state index in [0.717, 1.165) is 10.7 Å². The number of nitrogens with zero attached hydrogens (tertiary/aromatic N) is 3. The third-order valence-corrected chi connectivity index (χ3v) is 6.30. The Kier molecular flexibility index (Phi) is 7.24. The summed E-state index contributed by atoms with van der Waals surface area (Å²) in [5.74, 6) is 0.434. The van der Waals surface area contributed by atoms with Crippen LogP contribution in [0.3, 0.4) is 0 Å². The molecule has 0 saturated carbocycles. The molecule has 4 rings (SSSR count). The van der Waals surface area contributed by atoms with Crippen molar-refractivity contribution in [2.75, 3.05) is 46.6 Å². The molecule has 0 N–H and O–H groups in total. The molecule has 3 aliphatic heterocycles. The van der Waals surface area contributed by atoms with Gasteiger partial charge in [-0.25, -0.2) is 9.79 Å². The standard InChI is InChI=1S/C23H27N3O6S/c1-4-31-22(28)20-15(2)24-23-26(9-12-33-23)21(20)16-5-6-17(18(13-16)29-3)32-14-19(27)25-7-10-30-11-8-25/h5-6,9,12-13,21H,4,7-8,10-11,14H2,1-3H3/t21-/m1/s1. The third-order valence-electron chi connectivity index (χ3n) is 5.53. The first kappa shape index (κ1) is 23.2. The zero-order valence-corrected chi connectivity index (χ0v) is 19.7. The Bertz CT molecular complexity index is 1020. The lowest BCUT2D eigenvalue weighted by Gasteiger charge is -2.33. The largest absolute Gasteiger partial charge is 0.493 e. The highest BCUT2D eigenvalue weighted by atomic mass is 32.2. The van der Waals surface area contributed by atoms with Gasteiger partial charge in [0.05, 0.1) is 44.2 Å². The second-order valence-electron chi connectivity index (χ2n) is 7.52. The number of carbonyl (C=O) groups excluding carboxylic acids is 2. The minimum absolute atomic E-state index is 0.0888. The second-order valence-corrected chi connectivity index (χ2v) is 8.39. The van der Waals surface area contributed by atoms with Crippen LogP contribution in [0.2, 0.25) is 0 Å². The molecule has 9 nitrogen and oxygen atoms in total. The number of ether oxygens (including phenoxy) is 4. The smallest absolute Gasteiger partial charge is 0.338 e. The fraction of sp³-hybridized carbons (Fsp3) is 0.435. The Hall–Kier alpha value is -2.98. The van der Waals surface area contributed by atoms with Gasteiger partial charge in [-0.05, 0) is 37.0 Å². The second kappa shape index (κ2) is 10.3. The van der Waals surface area contributed by atoms with E-state index in [4.69, 9.17) is 18.9 Å². The molecule has 3 aliphatic rings. The van der Waals surface area contributed by atoms with Gasteiger partial charge in [0.15, 0.2) is 23.3 Å². The topological polar surface area (TPSA) is 89.9 Å². The van der Waals surface area contributed by atoms with Gasteiger partial charge < -0.3 is 28.7 Å². The Labute approximate surface area is 197 Å². The molecule has 0 bridgehead atoms. The normalized spacial score (nSPS) is 19.8. The van der Waals surface area contributed by atoms with E-state index >= 15 is 0 Å². The van der Waals surface area contributed by atoms with Crippen molar-refractivity contribution in [2.45, 2.75) is 19.9 Å². The maximum absolute atomic E-state index is 12.8. The predicted molar refractivity (Wildman–Crippen MR) is 124 cm³/mol. The molecule has 0 unspecified atom stereocenters. The SMILES string of the molecule is CCOC(=O)C1=C(C)N=C2SC=CN2[C@@H]1c1ccc(OCC(=O)N2CCOCC2)c(OC)c1. The number of fused-ring (bicyclic) bond motifs is 1. The number of methoxy groups -OCH3 is 1. The lowest BCUT2D eigenvalue weighted by Crippen LogP contribution is -2.43. The van der Waals surface area contributed by atoms with Crippen LogP contribution < -0.4 is 9.47 Å². The highest BCUT2D eigenvalue weighted by molar-refractivity contribution is 8.16. The molecule has 1 amide bonds. The number of morpholine rings is 1. The molecule has 10 heteroatoms. The summed E-state index contributed by atoms with van der Waals surface area (Å²) in [5.41, 5.74) is 1.92. The van der Waals surface area contributed by atoms with E-state index in [9.17, 15) is 9.59 Å². The molecule has 1 aromatic carbocycles. The first-order valence-corrected chi connectivity index (χ1v) is 11.7. The number of esters is 1. The molecular weight excluding hydrogens is 446 g/mol. The summed E-state index contributed by atoms with van der Waals surface area (Å²) in [4.78, 5) is 33.5. The Morgan fingerprint density at radius 3 is 2.76 bits per heavy atom. The third kappa shape index (κ3) is 4.86. The van der Waals surface area contributed by atoms with Gasteiger partial charge in [0, 0.05) is 19.3 Å². The number of hydrogen-bond donors (Lipinski definition) is 0. The van der Waals surface area contributed by atoms with Crippen LogP contribution in [0.1, 0.15) is 25.5 Å². The maximum Gasteiger partial charge on any atom is 0.338 e. The van der Waals surface area contributed by atoms with Crippen LogP contribution >= 0.6 is 11.8 Å². The summed E-state index contributed by atoms with van der Waals surface area (Å²) >= 11 is 1.50. The Morgan fingerprint density at radius 1 is 1.24 bits per heavy atom. The van der Waals surface area contributed by atoms with Crippen LogP contribution in [0, 0.1) is 0 Å². The number of rotatable bonds is 7. The predicted octanol–water partition coefficient (Wildman–Crippen LogP) is 2.70. The molecule has 0 radical (unpaired) electrons. The summed E-state index contributed by atoms with van der Waals surface area (Å²) in [6.07, 6.45) is 1.90. The van der Waals surface area contributed by atoms with Gasteiger partial charge >= 0.3 is 5.97 Å². The summed E-state index contributed by atoms with van der Waals surface area (Å²) in [7, 11) is 1.54. The van der Waals surface area contributed by atoms with E-state index in [1.807, 2.05) is 35.6 Å². The number of hydrogen-bond acceptors (Lipinski definition) is 9. The lowest BCUT2D eigenvalue weighted by molar-refractivity contribution is -0.139. The zero-order valence-electron chi connectivity index (χ0n) is 18.9. The van der Waals surface area contributed by atoms with Gasteiger partial charge in [-0.1, -0.05) is 17.8 Å². The van der Waals surface area contributed by atoms with Gasteiger partial charge in [0.25, 0.3) is 5.91 Å². The number of carbonyl (C=O) groups is 2. The molecule has 33 heavy (non-hydrogen) atoms. The van der Waals surface area contributed by atoms with Crippen LogP contribution in [-0.4, -0.2) is 73.5 Å². The van der Waals surface area contributed by atoms with Crippen molar-refractivity contribution in [3.8, 4) is 11.5 Å².